The van der Waals surface area contributed by atoms with Gasteiger partial charge in [0.1, 0.15) is 0 Å². The largest absolute Gasteiger partial charge is 0.392 e. The van der Waals surface area contributed by atoms with Crippen LogP contribution in [0, 0.1) is 6.92 Å². The molecule has 1 heteroatoms. The predicted octanol–water partition coefficient (Wildman–Crippen LogP) is 3.14. The van der Waals surface area contributed by atoms with E-state index in [1.54, 1.807) is 0 Å². The Balaban J connectivity index is 1.93. The van der Waals surface area contributed by atoms with Crippen LogP contribution in [0.1, 0.15) is 16.7 Å². The standard InChI is InChI=1S/C16H18O/c1-13-7-9-15(10-8-13)12-16(17)11-14-5-3-2-4-6-14/h2-10,16-17H,11-12H2,1H3. The maximum atomic E-state index is 10.0. The topological polar surface area (TPSA) is 20.2 Å². The van der Waals surface area contributed by atoms with E-state index in [4.69, 9.17) is 0 Å². The van der Waals surface area contributed by atoms with Crippen molar-refractivity contribution in [2.45, 2.75) is 25.9 Å². The van der Waals surface area contributed by atoms with E-state index in [1.165, 1.54) is 16.7 Å². The quantitative estimate of drug-likeness (QED) is 0.849. The highest BCUT2D eigenvalue weighted by atomic mass is 16.3. The fraction of sp³-hybridized carbons (Fsp3) is 0.250. The fourth-order valence-electron chi connectivity index (χ4n) is 1.95. The summed E-state index contributed by atoms with van der Waals surface area (Å²) in [6, 6.07) is 18.5. The average molecular weight is 226 g/mol. The molecule has 0 aromatic heterocycles. The summed E-state index contributed by atoms with van der Waals surface area (Å²) in [6.45, 7) is 2.07. The molecule has 2 aromatic carbocycles. The first-order valence-corrected chi connectivity index (χ1v) is 6.01. The third-order valence-corrected chi connectivity index (χ3v) is 2.91. The normalized spacial score (nSPS) is 12.4. The lowest BCUT2D eigenvalue weighted by molar-refractivity contribution is 0.175. The summed E-state index contributed by atoms with van der Waals surface area (Å²) in [7, 11) is 0. The zero-order valence-corrected chi connectivity index (χ0v) is 10.1. The van der Waals surface area contributed by atoms with Crippen molar-refractivity contribution < 1.29 is 5.11 Å². The highest BCUT2D eigenvalue weighted by molar-refractivity contribution is 5.22. The molecule has 1 atom stereocenters. The smallest absolute Gasteiger partial charge is 0.0620 e. The highest BCUT2D eigenvalue weighted by Gasteiger charge is 2.06. The summed E-state index contributed by atoms with van der Waals surface area (Å²) in [5.74, 6) is 0. The molecule has 88 valence electrons. The molecule has 2 aromatic rings. The van der Waals surface area contributed by atoms with E-state index in [1.807, 2.05) is 18.2 Å². The second kappa shape index (κ2) is 5.65. The molecule has 1 unspecified atom stereocenters. The van der Waals surface area contributed by atoms with Gasteiger partial charge in [0.15, 0.2) is 0 Å². The second-order valence-electron chi connectivity index (χ2n) is 4.53. The molecule has 0 spiro atoms. The number of hydrogen-bond donors (Lipinski definition) is 1. The molecule has 0 fully saturated rings. The molecule has 0 radical (unpaired) electrons. The molecule has 2 rings (SSSR count). The van der Waals surface area contributed by atoms with Gasteiger partial charge in [-0.1, -0.05) is 60.2 Å². The van der Waals surface area contributed by atoms with Gasteiger partial charge in [-0.05, 0) is 30.9 Å². The molecule has 0 heterocycles. The van der Waals surface area contributed by atoms with E-state index in [-0.39, 0.29) is 6.10 Å². The van der Waals surface area contributed by atoms with Crippen LogP contribution in [-0.2, 0) is 12.8 Å². The maximum absolute atomic E-state index is 10.0. The molecule has 0 aliphatic carbocycles. The van der Waals surface area contributed by atoms with Gasteiger partial charge in [-0.25, -0.2) is 0 Å². The molecule has 1 nitrogen and oxygen atoms in total. The van der Waals surface area contributed by atoms with Crippen LogP contribution in [0.3, 0.4) is 0 Å². The summed E-state index contributed by atoms with van der Waals surface area (Å²) in [5.41, 5.74) is 3.64. The third kappa shape index (κ3) is 3.72. The van der Waals surface area contributed by atoms with Crippen molar-refractivity contribution in [2.75, 3.05) is 0 Å². The summed E-state index contributed by atoms with van der Waals surface area (Å²) >= 11 is 0. The van der Waals surface area contributed by atoms with Gasteiger partial charge in [0.2, 0.25) is 0 Å². The Morgan fingerprint density at radius 1 is 0.824 bits per heavy atom. The van der Waals surface area contributed by atoms with Gasteiger partial charge in [0.05, 0.1) is 6.10 Å². The van der Waals surface area contributed by atoms with Gasteiger partial charge in [-0.3, -0.25) is 0 Å². The first-order valence-electron chi connectivity index (χ1n) is 6.01. The summed E-state index contributed by atoms with van der Waals surface area (Å²) in [5, 5.41) is 10.0. The van der Waals surface area contributed by atoms with E-state index < -0.39 is 0 Å². The zero-order chi connectivity index (χ0) is 12.1. The van der Waals surface area contributed by atoms with E-state index in [9.17, 15) is 5.11 Å². The van der Waals surface area contributed by atoms with Crippen LogP contribution < -0.4 is 0 Å². The Bertz CT molecular complexity index is 445. The maximum Gasteiger partial charge on any atom is 0.0620 e. The Kier molecular flexibility index (Phi) is 3.94. The number of aliphatic hydroxyl groups is 1. The van der Waals surface area contributed by atoms with E-state index in [0.29, 0.717) is 6.42 Å². The Hall–Kier alpha value is -1.60. The molecule has 17 heavy (non-hydrogen) atoms. The van der Waals surface area contributed by atoms with Crippen LogP contribution in [0.15, 0.2) is 54.6 Å². The van der Waals surface area contributed by atoms with Crippen LogP contribution >= 0.6 is 0 Å². The van der Waals surface area contributed by atoms with Crippen LogP contribution in [0.5, 0.6) is 0 Å². The van der Waals surface area contributed by atoms with Crippen molar-refractivity contribution in [2.24, 2.45) is 0 Å². The molecular formula is C16H18O. The van der Waals surface area contributed by atoms with Crippen molar-refractivity contribution in [3.63, 3.8) is 0 Å². The number of aliphatic hydroxyl groups excluding tert-OH is 1. The average Bonchev–Trinajstić information content (AvgIpc) is 2.33. The zero-order valence-electron chi connectivity index (χ0n) is 10.1. The van der Waals surface area contributed by atoms with Crippen LogP contribution in [0.2, 0.25) is 0 Å². The molecule has 0 bridgehead atoms. The lowest BCUT2D eigenvalue weighted by Crippen LogP contribution is -2.13. The molecule has 0 aliphatic heterocycles. The van der Waals surface area contributed by atoms with Gasteiger partial charge >= 0.3 is 0 Å². The highest BCUT2D eigenvalue weighted by Crippen LogP contribution is 2.10. The third-order valence-electron chi connectivity index (χ3n) is 2.91. The fourth-order valence-corrected chi connectivity index (χ4v) is 1.95. The van der Waals surface area contributed by atoms with Crippen molar-refractivity contribution in [3.8, 4) is 0 Å². The minimum atomic E-state index is -0.305. The Morgan fingerprint density at radius 3 is 1.94 bits per heavy atom. The van der Waals surface area contributed by atoms with Gasteiger partial charge in [0, 0.05) is 0 Å². The lowest BCUT2D eigenvalue weighted by Gasteiger charge is -2.10. The Morgan fingerprint density at radius 2 is 1.35 bits per heavy atom. The Labute approximate surface area is 103 Å². The minimum absolute atomic E-state index is 0.305. The predicted molar refractivity (Wildman–Crippen MR) is 71.0 cm³/mol. The van der Waals surface area contributed by atoms with E-state index in [2.05, 4.69) is 43.3 Å². The monoisotopic (exact) mass is 226 g/mol. The SMILES string of the molecule is Cc1ccc(CC(O)Cc2ccccc2)cc1. The van der Waals surface area contributed by atoms with Gasteiger partial charge in [0.25, 0.3) is 0 Å². The number of hydrogen-bond acceptors (Lipinski definition) is 1. The molecule has 1 N–H and O–H groups in total. The molecular weight excluding hydrogens is 208 g/mol. The van der Waals surface area contributed by atoms with Gasteiger partial charge in [-0.2, -0.15) is 0 Å². The number of aryl methyl sites for hydroxylation is 1. The molecule has 0 aliphatic rings. The van der Waals surface area contributed by atoms with E-state index >= 15 is 0 Å². The van der Waals surface area contributed by atoms with Crippen LogP contribution in [-0.4, -0.2) is 11.2 Å². The van der Waals surface area contributed by atoms with Crippen LogP contribution in [0.4, 0.5) is 0 Å². The van der Waals surface area contributed by atoms with E-state index in [0.717, 1.165) is 6.42 Å². The molecule has 0 saturated carbocycles. The first-order chi connectivity index (χ1) is 8.24. The second-order valence-corrected chi connectivity index (χ2v) is 4.53. The first kappa shape index (κ1) is 11.9. The number of benzene rings is 2. The van der Waals surface area contributed by atoms with Crippen molar-refractivity contribution in [1.29, 1.82) is 0 Å². The van der Waals surface area contributed by atoms with Crippen molar-refractivity contribution in [3.05, 3.63) is 71.3 Å². The summed E-state index contributed by atoms with van der Waals surface area (Å²) in [6.07, 6.45) is 1.13. The molecule has 0 saturated heterocycles. The van der Waals surface area contributed by atoms with Gasteiger partial charge < -0.3 is 5.11 Å². The summed E-state index contributed by atoms with van der Waals surface area (Å²) < 4.78 is 0. The number of rotatable bonds is 4. The lowest BCUT2D eigenvalue weighted by atomic mass is 10.0. The van der Waals surface area contributed by atoms with Crippen LogP contribution in [0.25, 0.3) is 0 Å². The molecule has 0 amide bonds. The summed E-state index contributed by atoms with van der Waals surface area (Å²) in [4.78, 5) is 0. The van der Waals surface area contributed by atoms with Crippen molar-refractivity contribution >= 4 is 0 Å². The van der Waals surface area contributed by atoms with Crippen molar-refractivity contribution in [1.82, 2.24) is 0 Å². The van der Waals surface area contributed by atoms with Gasteiger partial charge in [-0.15, -0.1) is 0 Å². The minimum Gasteiger partial charge on any atom is -0.392 e.